The van der Waals surface area contributed by atoms with Crippen molar-refractivity contribution in [1.82, 2.24) is 0 Å². The highest BCUT2D eigenvalue weighted by molar-refractivity contribution is 5.55. The van der Waals surface area contributed by atoms with Crippen molar-refractivity contribution >= 4 is 6.29 Å². The minimum absolute atomic E-state index is 0.456. The van der Waals surface area contributed by atoms with Crippen LogP contribution in [0.15, 0.2) is 0 Å². The summed E-state index contributed by atoms with van der Waals surface area (Å²) >= 11 is 0. The molecule has 4 saturated carbocycles. The highest BCUT2D eigenvalue weighted by atomic mass is 16.1. The quantitative estimate of drug-likeness (QED) is 0.543. The van der Waals surface area contributed by atoms with Gasteiger partial charge in [0.1, 0.15) is 6.29 Å². The fourth-order valence-electron chi connectivity index (χ4n) is 4.19. The van der Waals surface area contributed by atoms with Crippen LogP contribution in [-0.2, 0) is 4.79 Å². The molecule has 4 aliphatic carbocycles. The molecule has 66 valence electrons. The van der Waals surface area contributed by atoms with E-state index < -0.39 is 0 Å². The summed E-state index contributed by atoms with van der Waals surface area (Å²) in [6.45, 7) is 0. The lowest BCUT2D eigenvalue weighted by atomic mass is 9.52. The van der Waals surface area contributed by atoms with Gasteiger partial charge in [-0.15, -0.1) is 0 Å². The van der Waals surface area contributed by atoms with Crippen LogP contribution >= 0.6 is 0 Å². The van der Waals surface area contributed by atoms with Crippen LogP contribution in [0.5, 0.6) is 0 Å². The molecule has 4 aliphatic rings. The Kier molecular flexibility index (Phi) is 1.38. The molecule has 1 nitrogen and oxygen atoms in total. The molecule has 1 heteroatoms. The van der Waals surface area contributed by atoms with Gasteiger partial charge in [-0.25, -0.2) is 0 Å². The molecule has 0 aromatic heterocycles. The second-order valence-electron chi connectivity index (χ2n) is 5.14. The molecular weight excluding hydrogens is 148 g/mol. The van der Waals surface area contributed by atoms with Gasteiger partial charge in [-0.1, -0.05) is 0 Å². The maximum absolute atomic E-state index is 10.9. The van der Waals surface area contributed by atoms with Gasteiger partial charge in [0.25, 0.3) is 0 Å². The van der Waals surface area contributed by atoms with Gasteiger partial charge in [0.15, 0.2) is 0 Å². The molecule has 0 amide bonds. The van der Waals surface area contributed by atoms with Gasteiger partial charge in [0.05, 0.1) is 0 Å². The molecule has 0 unspecified atom stereocenters. The Bertz CT molecular complexity index is 181. The van der Waals surface area contributed by atoms with E-state index in [0.29, 0.717) is 5.92 Å². The Morgan fingerprint density at radius 2 is 1.33 bits per heavy atom. The Hall–Kier alpha value is -0.330. The standard InChI is InChI=1S/C11H16O/c12-6-11-9-2-7-1-8(4-9)5-10(11)3-7/h6-11H,1-5H2. The fraction of sp³-hybridized carbons (Fsp3) is 0.909. The van der Waals surface area contributed by atoms with Gasteiger partial charge in [-0.05, 0) is 55.8 Å². The molecule has 0 N–H and O–H groups in total. The van der Waals surface area contributed by atoms with Crippen LogP contribution in [0.25, 0.3) is 0 Å². The smallest absolute Gasteiger partial charge is 0.123 e. The molecule has 0 saturated heterocycles. The van der Waals surface area contributed by atoms with Gasteiger partial charge in [-0.2, -0.15) is 0 Å². The van der Waals surface area contributed by atoms with Crippen LogP contribution in [0.2, 0.25) is 0 Å². The highest BCUT2D eigenvalue weighted by Crippen LogP contribution is 2.55. The molecule has 0 heterocycles. The number of rotatable bonds is 1. The van der Waals surface area contributed by atoms with E-state index in [9.17, 15) is 4.79 Å². The summed E-state index contributed by atoms with van der Waals surface area (Å²) in [5.74, 6) is 4.04. The number of hydrogen-bond donors (Lipinski definition) is 0. The number of carbonyl (C=O) groups excluding carboxylic acids is 1. The van der Waals surface area contributed by atoms with Crippen molar-refractivity contribution in [1.29, 1.82) is 0 Å². The molecule has 0 aromatic carbocycles. The third kappa shape index (κ3) is 0.826. The van der Waals surface area contributed by atoms with Crippen molar-refractivity contribution in [2.45, 2.75) is 32.1 Å². The summed E-state index contributed by atoms with van der Waals surface area (Å²) in [7, 11) is 0. The maximum atomic E-state index is 10.9. The molecule has 0 aliphatic heterocycles. The van der Waals surface area contributed by atoms with Crippen LogP contribution in [0.3, 0.4) is 0 Å². The predicted molar refractivity (Wildman–Crippen MR) is 46.6 cm³/mol. The molecule has 0 radical (unpaired) electrons. The average molecular weight is 164 g/mol. The van der Waals surface area contributed by atoms with E-state index in [0.717, 1.165) is 23.7 Å². The first-order chi connectivity index (χ1) is 5.86. The normalized spacial score (nSPS) is 55.8. The number of hydrogen-bond acceptors (Lipinski definition) is 1. The predicted octanol–water partition coefficient (Wildman–Crippen LogP) is 2.26. The third-order valence-corrected chi connectivity index (χ3v) is 4.46. The topological polar surface area (TPSA) is 17.1 Å². The zero-order valence-electron chi connectivity index (χ0n) is 7.41. The van der Waals surface area contributed by atoms with E-state index in [1.165, 1.54) is 38.4 Å². The minimum atomic E-state index is 0.456. The fourth-order valence-corrected chi connectivity index (χ4v) is 4.19. The molecule has 0 spiro atoms. The van der Waals surface area contributed by atoms with Crippen molar-refractivity contribution in [3.63, 3.8) is 0 Å². The Balaban J connectivity index is 1.90. The lowest BCUT2D eigenvalue weighted by molar-refractivity contribution is -0.123. The monoisotopic (exact) mass is 164 g/mol. The molecule has 12 heavy (non-hydrogen) atoms. The highest BCUT2D eigenvalue weighted by Gasteiger charge is 2.47. The molecular formula is C11H16O. The van der Waals surface area contributed by atoms with Crippen LogP contribution < -0.4 is 0 Å². The van der Waals surface area contributed by atoms with Crippen LogP contribution in [0, 0.1) is 29.6 Å². The maximum Gasteiger partial charge on any atom is 0.123 e. The van der Waals surface area contributed by atoms with Crippen molar-refractivity contribution in [2.75, 3.05) is 0 Å². The summed E-state index contributed by atoms with van der Waals surface area (Å²) in [6.07, 6.45) is 8.23. The molecule has 4 bridgehead atoms. The van der Waals surface area contributed by atoms with Crippen LogP contribution in [-0.4, -0.2) is 6.29 Å². The zero-order valence-corrected chi connectivity index (χ0v) is 7.41. The van der Waals surface area contributed by atoms with E-state index in [-0.39, 0.29) is 0 Å². The van der Waals surface area contributed by atoms with Crippen molar-refractivity contribution in [3.05, 3.63) is 0 Å². The molecule has 4 fully saturated rings. The molecule has 0 aromatic rings. The average Bonchev–Trinajstić information content (AvgIpc) is 2.02. The zero-order chi connectivity index (χ0) is 8.13. The van der Waals surface area contributed by atoms with E-state index in [1.54, 1.807) is 0 Å². The largest absolute Gasteiger partial charge is 0.303 e. The van der Waals surface area contributed by atoms with Crippen molar-refractivity contribution in [2.24, 2.45) is 29.6 Å². The summed E-state index contributed by atoms with van der Waals surface area (Å²) in [4.78, 5) is 10.9. The van der Waals surface area contributed by atoms with Crippen molar-refractivity contribution in [3.8, 4) is 0 Å². The van der Waals surface area contributed by atoms with Gasteiger partial charge in [0, 0.05) is 5.92 Å². The second kappa shape index (κ2) is 2.34. The SMILES string of the molecule is O=CC1C2CC3CC(C2)CC1C3. The van der Waals surface area contributed by atoms with Crippen molar-refractivity contribution < 1.29 is 4.79 Å². The Morgan fingerprint density at radius 1 is 0.833 bits per heavy atom. The van der Waals surface area contributed by atoms with E-state index in [4.69, 9.17) is 0 Å². The van der Waals surface area contributed by atoms with Gasteiger partial charge in [0.2, 0.25) is 0 Å². The van der Waals surface area contributed by atoms with E-state index >= 15 is 0 Å². The van der Waals surface area contributed by atoms with E-state index in [2.05, 4.69) is 0 Å². The number of aldehydes is 1. The second-order valence-corrected chi connectivity index (χ2v) is 5.14. The summed E-state index contributed by atoms with van der Waals surface area (Å²) < 4.78 is 0. The first-order valence-electron chi connectivity index (χ1n) is 5.32. The lowest BCUT2D eigenvalue weighted by Crippen LogP contribution is -2.45. The van der Waals surface area contributed by atoms with Crippen LogP contribution in [0.4, 0.5) is 0 Å². The Labute approximate surface area is 73.5 Å². The minimum Gasteiger partial charge on any atom is -0.303 e. The van der Waals surface area contributed by atoms with E-state index in [1.807, 2.05) is 0 Å². The molecule has 0 atom stereocenters. The van der Waals surface area contributed by atoms with Gasteiger partial charge in [-0.3, -0.25) is 0 Å². The van der Waals surface area contributed by atoms with Gasteiger partial charge < -0.3 is 4.79 Å². The lowest BCUT2D eigenvalue weighted by Gasteiger charge is -2.52. The first-order valence-corrected chi connectivity index (χ1v) is 5.32. The first kappa shape index (κ1) is 7.11. The van der Waals surface area contributed by atoms with Gasteiger partial charge >= 0.3 is 0 Å². The summed E-state index contributed by atoms with van der Waals surface area (Å²) in [6, 6.07) is 0. The number of carbonyl (C=O) groups is 1. The summed E-state index contributed by atoms with van der Waals surface area (Å²) in [5, 5.41) is 0. The summed E-state index contributed by atoms with van der Waals surface area (Å²) in [5.41, 5.74) is 0. The Morgan fingerprint density at radius 3 is 1.75 bits per heavy atom. The third-order valence-electron chi connectivity index (χ3n) is 4.46. The van der Waals surface area contributed by atoms with Crippen LogP contribution in [0.1, 0.15) is 32.1 Å². The molecule has 4 rings (SSSR count).